The summed E-state index contributed by atoms with van der Waals surface area (Å²) in [6.45, 7) is 2.09. The van der Waals surface area contributed by atoms with E-state index in [1.165, 1.54) is 0 Å². The monoisotopic (exact) mass is 261 g/mol. The molecule has 0 atom stereocenters. The molecular weight excluding hydrogens is 246 g/mol. The summed E-state index contributed by atoms with van der Waals surface area (Å²) in [4.78, 5) is 11.2. The molecule has 0 spiro atoms. The van der Waals surface area contributed by atoms with Gasteiger partial charge in [-0.1, -0.05) is 6.92 Å². The maximum Gasteiger partial charge on any atom is 0.220 e. The number of rotatable bonds is 5. The lowest BCUT2D eigenvalue weighted by molar-refractivity contribution is -0.120. The number of hydrogen-bond donors (Lipinski definition) is 1. The topological polar surface area (TPSA) is 81.9 Å². The van der Waals surface area contributed by atoms with Crippen LogP contribution in [0.3, 0.4) is 0 Å². The quantitative estimate of drug-likeness (QED) is 0.856. The number of methoxy groups -OCH3 is 1. The molecule has 7 heteroatoms. The highest BCUT2D eigenvalue weighted by Gasteiger charge is 2.09. The fraction of sp³-hybridized carbons (Fsp3) is 0.333. The van der Waals surface area contributed by atoms with Gasteiger partial charge in [-0.05, 0) is 34.7 Å². The Morgan fingerprint density at radius 3 is 2.74 bits per heavy atom. The van der Waals surface area contributed by atoms with E-state index in [-0.39, 0.29) is 5.91 Å². The van der Waals surface area contributed by atoms with E-state index < -0.39 is 0 Å². The molecule has 7 nitrogen and oxygen atoms in total. The minimum absolute atomic E-state index is 0.0377. The van der Waals surface area contributed by atoms with Crippen molar-refractivity contribution in [3.63, 3.8) is 0 Å². The molecular formula is C12H15N5O2. The lowest BCUT2D eigenvalue weighted by Gasteiger charge is -2.06. The number of aromatic nitrogens is 4. The molecule has 0 aliphatic heterocycles. The second-order valence-electron chi connectivity index (χ2n) is 3.84. The average Bonchev–Trinajstić information content (AvgIpc) is 2.93. The molecule has 0 saturated carbocycles. The van der Waals surface area contributed by atoms with Crippen molar-refractivity contribution in [3.8, 4) is 11.4 Å². The largest absolute Gasteiger partial charge is 0.497 e. The summed E-state index contributed by atoms with van der Waals surface area (Å²) in [5.41, 5.74) is 0.812. The molecule has 0 aliphatic rings. The molecule has 0 aliphatic carbocycles. The average molecular weight is 261 g/mol. The molecule has 100 valence electrons. The zero-order chi connectivity index (χ0) is 13.7. The van der Waals surface area contributed by atoms with Gasteiger partial charge in [0.05, 0.1) is 19.3 Å². The first-order valence-electron chi connectivity index (χ1n) is 5.93. The van der Waals surface area contributed by atoms with Gasteiger partial charge < -0.3 is 10.1 Å². The third-order valence-electron chi connectivity index (χ3n) is 2.62. The number of nitrogens with zero attached hydrogens (tertiary/aromatic N) is 4. The van der Waals surface area contributed by atoms with Crippen LogP contribution in [0.25, 0.3) is 5.69 Å². The van der Waals surface area contributed by atoms with Crippen LogP contribution in [0.2, 0.25) is 0 Å². The fourth-order valence-corrected chi connectivity index (χ4v) is 1.54. The van der Waals surface area contributed by atoms with E-state index in [9.17, 15) is 4.79 Å². The van der Waals surface area contributed by atoms with Crippen LogP contribution in [0.15, 0.2) is 24.3 Å². The highest BCUT2D eigenvalue weighted by Crippen LogP contribution is 2.14. The highest BCUT2D eigenvalue weighted by atomic mass is 16.5. The van der Waals surface area contributed by atoms with Crippen molar-refractivity contribution in [1.29, 1.82) is 0 Å². The van der Waals surface area contributed by atoms with Crippen LogP contribution in [-0.4, -0.2) is 33.2 Å². The van der Waals surface area contributed by atoms with Gasteiger partial charge in [-0.3, -0.25) is 4.79 Å². The van der Waals surface area contributed by atoms with Crippen LogP contribution in [0.4, 0.5) is 0 Å². The summed E-state index contributed by atoms with van der Waals surface area (Å²) in [5, 5.41) is 14.2. The number of carbonyl (C=O) groups excluding carboxylic acids is 1. The molecule has 1 amide bonds. The van der Waals surface area contributed by atoms with Gasteiger partial charge in [0.25, 0.3) is 0 Å². The van der Waals surface area contributed by atoms with Crippen LogP contribution in [0.1, 0.15) is 19.2 Å². The first-order chi connectivity index (χ1) is 9.24. The summed E-state index contributed by atoms with van der Waals surface area (Å²) in [5.74, 6) is 1.30. The number of nitrogens with one attached hydrogen (secondary N) is 1. The van der Waals surface area contributed by atoms with Gasteiger partial charge in [-0.2, -0.15) is 4.68 Å². The van der Waals surface area contributed by atoms with E-state index in [1.807, 2.05) is 24.3 Å². The van der Waals surface area contributed by atoms with E-state index in [2.05, 4.69) is 20.8 Å². The van der Waals surface area contributed by atoms with Crippen LogP contribution in [0.5, 0.6) is 5.75 Å². The lowest BCUT2D eigenvalue weighted by atomic mass is 10.3. The Hall–Kier alpha value is -2.44. The van der Waals surface area contributed by atoms with Crippen molar-refractivity contribution in [2.24, 2.45) is 0 Å². The van der Waals surface area contributed by atoms with Crippen LogP contribution in [0, 0.1) is 0 Å². The van der Waals surface area contributed by atoms with Gasteiger partial charge in [0.1, 0.15) is 5.75 Å². The standard InChI is InChI=1S/C12H15N5O2/c1-3-12(18)13-8-11-14-15-16-17(11)9-4-6-10(19-2)7-5-9/h4-7H,3,8H2,1-2H3,(H,13,18). The Morgan fingerprint density at radius 1 is 1.37 bits per heavy atom. The summed E-state index contributed by atoms with van der Waals surface area (Å²) < 4.78 is 6.67. The number of carbonyl (C=O) groups is 1. The molecule has 0 saturated heterocycles. The second kappa shape index (κ2) is 5.94. The Balaban J connectivity index is 2.15. The summed E-state index contributed by atoms with van der Waals surface area (Å²) in [7, 11) is 1.61. The van der Waals surface area contributed by atoms with Gasteiger partial charge in [0, 0.05) is 6.42 Å². The molecule has 19 heavy (non-hydrogen) atoms. The van der Waals surface area contributed by atoms with Gasteiger partial charge in [0.2, 0.25) is 5.91 Å². The summed E-state index contributed by atoms with van der Waals surface area (Å²) in [6.07, 6.45) is 0.435. The van der Waals surface area contributed by atoms with E-state index in [0.717, 1.165) is 11.4 Å². The van der Waals surface area contributed by atoms with Crippen molar-refractivity contribution in [2.75, 3.05) is 7.11 Å². The first-order valence-corrected chi connectivity index (χ1v) is 5.93. The number of benzene rings is 1. The normalized spacial score (nSPS) is 10.2. The predicted molar refractivity (Wildman–Crippen MR) is 67.8 cm³/mol. The minimum Gasteiger partial charge on any atom is -0.497 e. The first kappa shape index (κ1) is 13.0. The highest BCUT2D eigenvalue weighted by molar-refractivity contribution is 5.75. The van der Waals surface area contributed by atoms with E-state index in [1.54, 1.807) is 18.7 Å². The molecule has 1 aromatic heterocycles. The predicted octanol–water partition coefficient (Wildman–Crippen LogP) is 0.697. The second-order valence-corrected chi connectivity index (χ2v) is 3.84. The molecule has 0 bridgehead atoms. The van der Waals surface area contributed by atoms with Crippen molar-refractivity contribution < 1.29 is 9.53 Å². The number of amides is 1. The Kier molecular flexibility index (Phi) is 4.07. The molecule has 1 aromatic carbocycles. The minimum atomic E-state index is -0.0377. The Morgan fingerprint density at radius 2 is 2.11 bits per heavy atom. The molecule has 0 unspecified atom stereocenters. The lowest BCUT2D eigenvalue weighted by Crippen LogP contribution is -2.23. The maximum atomic E-state index is 11.2. The number of hydrogen-bond acceptors (Lipinski definition) is 5. The molecule has 0 radical (unpaired) electrons. The van der Waals surface area contributed by atoms with Crippen molar-refractivity contribution in [2.45, 2.75) is 19.9 Å². The fourth-order valence-electron chi connectivity index (χ4n) is 1.54. The molecule has 2 rings (SSSR count). The third-order valence-corrected chi connectivity index (χ3v) is 2.62. The van der Waals surface area contributed by atoms with Gasteiger partial charge in [0.15, 0.2) is 5.82 Å². The SMILES string of the molecule is CCC(=O)NCc1nnnn1-c1ccc(OC)cc1. The molecule has 1 heterocycles. The van der Waals surface area contributed by atoms with Crippen LogP contribution < -0.4 is 10.1 Å². The third kappa shape index (κ3) is 3.06. The molecule has 2 aromatic rings. The van der Waals surface area contributed by atoms with Gasteiger partial charge in [-0.15, -0.1) is 5.10 Å². The van der Waals surface area contributed by atoms with Crippen molar-refractivity contribution in [3.05, 3.63) is 30.1 Å². The van der Waals surface area contributed by atoms with Crippen LogP contribution >= 0.6 is 0 Å². The number of tetrazole rings is 1. The Labute approximate surface area is 110 Å². The van der Waals surface area contributed by atoms with E-state index in [0.29, 0.717) is 18.8 Å². The zero-order valence-electron chi connectivity index (χ0n) is 10.8. The van der Waals surface area contributed by atoms with Crippen molar-refractivity contribution >= 4 is 5.91 Å². The summed E-state index contributed by atoms with van der Waals surface area (Å²) >= 11 is 0. The van der Waals surface area contributed by atoms with E-state index in [4.69, 9.17) is 4.74 Å². The zero-order valence-corrected chi connectivity index (χ0v) is 10.8. The van der Waals surface area contributed by atoms with Crippen molar-refractivity contribution in [1.82, 2.24) is 25.5 Å². The number of ether oxygens (including phenoxy) is 1. The summed E-state index contributed by atoms with van der Waals surface area (Å²) in [6, 6.07) is 7.34. The smallest absolute Gasteiger partial charge is 0.220 e. The van der Waals surface area contributed by atoms with E-state index >= 15 is 0 Å². The Bertz CT molecular complexity index is 550. The van der Waals surface area contributed by atoms with Crippen LogP contribution in [-0.2, 0) is 11.3 Å². The molecule has 1 N–H and O–H groups in total. The molecule has 0 fully saturated rings. The van der Waals surface area contributed by atoms with Gasteiger partial charge >= 0.3 is 0 Å². The van der Waals surface area contributed by atoms with Gasteiger partial charge in [-0.25, -0.2) is 0 Å². The maximum absolute atomic E-state index is 11.2.